The van der Waals surface area contributed by atoms with Gasteiger partial charge in [0, 0.05) is 13.2 Å². The molecule has 5 heteroatoms. The van der Waals surface area contributed by atoms with Gasteiger partial charge in [0.05, 0.1) is 17.4 Å². The molecule has 1 aromatic rings. The standard InChI is InChI=1S/C11H16N4O/c1-4-16-11(2,3)8-13-10-9(7-12)5-6-14-15-10/h5-6H,4,8H2,1-3H3,(H,13,15). The van der Waals surface area contributed by atoms with E-state index in [1.54, 1.807) is 6.07 Å². The number of nitrogens with one attached hydrogen (secondary N) is 1. The normalized spacial score (nSPS) is 10.9. The lowest BCUT2D eigenvalue weighted by Crippen LogP contribution is -2.33. The molecule has 0 aliphatic carbocycles. The van der Waals surface area contributed by atoms with Crippen molar-refractivity contribution in [3.05, 3.63) is 17.8 Å². The molecule has 0 bridgehead atoms. The van der Waals surface area contributed by atoms with E-state index in [9.17, 15) is 0 Å². The van der Waals surface area contributed by atoms with Crippen LogP contribution in [0.5, 0.6) is 0 Å². The first-order valence-corrected chi connectivity index (χ1v) is 5.18. The Morgan fingerprint density at radius 1 is 1.56 bits per heavy atom. The first-order valence-electron chi connectivity index (χ1n) is 5.18. The summed E-state index contributed by atoms with van der Waals surface area (Å²) in [7, 11) is 0. The lowest BCUT2D eigenvalue weighted by atomic mass is 10.1. The molecule has 1 aromatic heterocycles. The van der Waals surface area contributed by atoms with Crippen molar-refractivity contribution >= 4 is 5.82 Å². The topological polar surface area (TPSA) is 70.8 Å². The Labute approximate surface area is 95.4 Å². The predicted octanol–water partition coefficient (Wildman–Crippen LogP) is 1.58. The molecule has 0 spiro atoms. The van der Waals surface area contributed by atoms with Crippen LogP contribution in [0.2, 0.25) is 0 Å². The summed E-state index contributed by atoms with van der Waals surface area (Å²) in [5.41, 5.74) is 0.196. The number of ether oxygens (including phenoxy) is 1. The molecule has 1 rings (SSSR count). The highest BCUT2D eigenvalue weighted by Crippen LogP contribution is 2.13. The number of anilines is 1. The van der Waals surface area contributed by atoms with Crippen LogP contribution in [-0.2, 0) is 4.74 Å². The van der Waals surface area contributed by atoms with Gasteiger partial charge >= 0.3 is 0 Å². The number of hydrogen-bond donors (Lipinski definition) is 1. The van der Waals surface area contributed by atoms with Crippen LogP contribution in [0.25, 0.3) is 0 Å². The number of aromatic nitrogens is 2. The van der Waals surface area contributed by atoms with E-state index in [2.05, 4.69) is 21.6 Å². The molecule has 0 fully saturated rings. The number of hydrogen-bond acceptors (Lipinski definition) is 5. The van der Waals surface area contributed by atoms with E-state index < -0.39 is 0 Å². The smallest absolute Gasteiger partial charge is 0.166 e. The van der Waals surface area contributed by atoms with Crippen molar-refractivity contribution < 1.29 is 4.74 Å². The van der Waals surface area contributed by atoms with Crippen LogP contribution in [0.4, 0.5) is 5.82 Å². The summed E-state index contributed by atoms with van der Waals surface area (Å²) in [4.78, 5) is 0. The number of nitrogens with zero attached hydrogens (tertiary/aromatic N) is 3. The Hall–Kier alpha value is -1.67. The minimum absolute atomic E-state index is 0.293. The molecule has 0 radical (unpaired) electrons. The average Bonchev–Trinajstić information content (AvgIpc) is 2.27. The fraction of sp³-hybridized carbons (Fsp3) is 0.545. The van der Waals surface area contributed by atoms with E-state index in [1.165, 1.54) is 6.20 Å². The SMILES string of the molecule is CCOC(C)(C)CNc1nnccc1C#N. The van der Waals surface area contributed by atoms with Crippen LogP contribution in [0.15, 0.2) is 12.3 Å². The van der Waals surface area contributed by atoms with Gasteiger partial charge in [-0.2, -0.15) is 10.4 Å². The fourth-order valence-corrected chi connectivity index (χ4v) is 1.29. The number of rotatable bonds is 5. The van der Waals surface area contributed by atoms with Crippen LogP contribution in [0, 0.1) is 11.3 Å². The molecule has 1 heterocycles. The van der Waals surface area contributed by atoms with E-state index in [0.29, 0.717) is 24.5 Å². The van der Waals surface area contributed by atoms with E-state index in [4.69, 9.17) is 10.00 Å². The first-order chi connectivity index (χ1) is 7.59. The van der Waals surface area contributed by atoms with E-state index >= 15 is 0 Å². The zero-order valence-corrected chi connectivity index (χ0v) is 9.82. The molecule has 0 atom stereocenters. The lowest BCUT2D eigenvalue weighted by Gasteiger charge is -2.25. The zero-order chi connectivity index (χ0) is 12.0. The van der Waals surface area contributed by atoms with E-state index in [0.717, 1.165) is 0 Å². The molecular weight excluding hydrogens is 204 g/mol. The van der Waals surface area contributed by atoms with Crippen molar-refractivity contribution in [2.24, 2.45) is 0 Å². The molecule has 86 valence electrons. The van der Waals surface area contributed by atoms with Crippen molar-refractivity contribution in [2.45, 2.75) is 26.4 Å². The quantitative estimate of drug-likeness (QED) is 0.815. The Morgan fingerprint density at radius 3 is 2.94 bits per heavy atom. The summed E-state index contributed by atoms with van der Waals surface area (Å²) in [6, 6.07) is 3.69. The molecule has 0 aliphatic rings. The molecule has 0 aromatic carbocycles. The van der Waals surface area contributed by atoms with Crippen LogP contribution in [0.1, 0.15) is 26.3 Å². The van der Waals surface area contributed by atoms with E-state index in [1.807, 2.05) is 20.8 Å². The highest BCUT2D eigenvalue weighted by Gasteiger charge is 2.18. The second-order valence-corrected chi connectivity index (χ2v) is 3.95. The molecule has 16 heavy (non-hydrogen) atoms. The molecule has 0 unspecified atom stereocenters. The van der Waals surface area contributed by atoms with Crippen LogP contribution < -0.4 is 5.32 Å². The highest BCUT2D eigenvalue weighted by molar-refractivity contribution is 5.50. The monoisotopic (exact) mass is 220 g/mol. The van der Waals surface area contributed by atoms with Gasteiger partial charge < -0.3 is 10.1 Å². The van der Waals surface area contributed by atoms with Gasteiger partial charge in [0.15, 0.2) is 5.82 Å². The Morgan fingerprint density at radius 2 is 2.31 bits per heavy atom. The summed E-state index contributed by atoms with van der Waals surface area (Å²) in [5, 5.41) is 19.5. The summed E-state index contributed by atoms with van der Waals surface area (Å²) in [6.07, 6.45) is 1.50. The third-order valence-corrected chi connectivity index (χ3v) is 2.06. The van der Waals surface area contributed by atoms with Crippen LogP contribution in [0.3, 0.4) is 0 Å². The van der Waals surface area contributed by atoms with Gasteiger partial charge in [0.2, 0.25) is 0 Å². The molecule has 0 saturated heterocycles. The van der Waals surface area contributed by atoms with Gasteiger partial charge in [0.25, 0.3) is 0 Å². The van der Waals surface area contributed by atoms with Crippen molar-refractivity contribution in [1.82, 2.24) is 10.2 Å². The van der Waals surface area contributed by atoms with Crippen molar-refractivity contribution in [3.63, 3.8) is 0 Å². The van der Waals surface area contributed by atoms with Crippen LogP contribution in [-0.4, -0.2) is 29.0 Å². The average molecular weight is 220 g/mol. The maximum Gasteiger partial charge on any atom is 0.166 e. The van der Waals surface area contributed by atoms with Gasteiger partial charge in [0.1, 0.15) is 6.07 Å². The zero-order valence-electron chi connectivity index (χ0n) is 9.82. The summed E-state index contributed by atoms with van der Waals surface area (Å²) >= 11 is 0. The second-order valence-electron chi connectivity index (χ2n) is 3.95. The largest absolute Gasteiger partial charge is 0.374 e. The fourth-order valence-electron chi connectivity index (χ4n) is 1.29. The Balaban J connectivity index is 2.65. The maximum atomic E-state index is 8.86. The molecule has 0 saturated carbocycles. The third-order valence-electron chi connectivity index (χ3n) is 2.06. The van der Waals surface area contributed by atoms with Gasteiger partial charge in [-0.3, -0.25) is 0 Å². The van der Waals surface area contributed by atoms with Gasteiger partial charge in [-0.1, -0.05) is 0 Å². The predicted molar refractivity (Wildman–Crippen MR) is 60.9 cm³/mol. The molecular formula is C11H16N4O. The highest BCUT2D eigenvalue weighted by atomic mass is 16.5. The minimum Gasteiger partial charge on any atom is -0.374 e. The van der Waals surface area contributed by atoms with Crippen molar-refractivity contribution in [2.75, 3.05) is 18.5 Å². The molecule has 0 aliphatic heterocycles. The van der Waals surface area contributed by atoms with E-state index in [-0.39, 0.29) is 5.60 Å². The van der Waals surface area contributed by atoms with Gasteiger partial charge in [-0.15, -0.1) is 5.10 Å². The van der Waals surface area contributed by atoms with Crippen molar-refractivity contribution in [3.8, 4) is 6.07 Å². The van der Waals surface area contributed by atoms with Gasteiger partial charge in [-0.25, -0.2) is 0 Å². The minimum atomic E-state index is -0.293. The summed E-state index contributed by atoms with van der Waals surface area (Å²) in [6.45, 7) is 7.14. The molecule has 0 amide bonds. The lowest BCUT2D eigenvalue weighted by molar-refractivity contribution is 0.000630. The summed E-state index contributed by atoms with van der Waals surface area (Å²) < 4.78 is 5.53. The molecule has 5 nitrogen and oxygen atoms in total. The Bertz CT molecular complexity index is 384. The van der Waals surface area contributed by atoms with Crippen molar-refractivity contribution in [1.29, 1.82) is 5.26 Å². The molecule has 1 N–H and O–H groups in total. The van der Waals surface area contributed by atoms with Crippen LogP contribution >= 0.6 is 0 Å². The third kappa shape index (κ3) is 3.48. The first kappa shape index (κ1) is 12.4. The van der Waals surface area contributed by atoms with Gasteiger partial charge in [-0.05, 0) is 26.8 Å². The summed E-state index contributed by atoms with van der Waals surface area (Å²) in [5.74, 6) is 0.498. The second kappa shape index (κ2) is 5.42. The maximum absolute atomic E-state index is 8.86. The Kier molecular flexibility index (Phi) is 4.20. The number of nitriles is 1.